The fraction of sp³-hybridized carbons (Fsp3) is 0.600. The average molecular weight is 344 g/mol. The molecule has 2 fully saturated rings. The second-order valence-corrected chi connectivity index (χ2v) is 7.05. The second-order valence-electron chi connectivity index (χ2n) is 7.05. The SMILES string of the molecule is CCN(CC)C(=O)C1C(OC(=O)c2ccccc2)CC2CCC1N2C. The monoisotopic (exact) mass is 344 g/mol. The van der Waals surface area contributed by atoms with E-state index in [2.05, 4.69) is 11.9 Å². The van der Waals surface area contributed by atoms with Crippen LogP contribution in [0.1, 0.15) is 43.5 Å². The molecule has 1 aromatic rings. The van der Waals surface area contributed by atoms with E-state index in [0.717, 1.165) is 19.3 Å². The Kier molecular flexibility index (Phi) is 5.42. The lowest BCUT2D eigenvalue weighted by Crippen LogP contribution is -2.56. The third-order valence-corrected chi connectivity index (χ3v) is 5.84. The summed E-state index contributed by atoms with van der Waals surface area (Å²) in [6, 6.07) is 9.61. The predicted molar refractivity (Wildman–Crippen MR) is 96.3 cm³/mol. The fourth-order valence-corrected chi connectivity index (χ4v) is 4.39. The summed E-state index contributed by atoms with van der Waals surface area (Å²) in [5.74, 6) is -0.476. The Balaban J connectivity index is 1.82. The number of carbonyl (C=O) groups excluding carboxylic acids is 2. The molecule has 2 heterocycles. The Hall–Kier alpha value is -1.88. The van der Waals surface area contributed by atoms with Gasteiger partial charge in [0.05, 0.1) is 11.5 Å². The van der Waals surface area contributed by atoms with Crippen molar-refractivity contribution in [2.45, 2.75) is 51.3 Å². The molecule has 1 aromatic carbocycles. The topological polar surface area (TPSA) is 49.9 Å². The molecular weight excluding hydrogens is 316 g/mol. The summed E-state index contributed by atoms with van der Waals surface area (Å²) in [4.78, 5) is 29.9. The van der Waals surface area contributed by atoms with Crippen molar-refractivity contribution in [3.63, 3.8) is 0 Å². The molecule has 2 saturated heterocycles. The normalized spacial score (nSPS) is 28.6. The summed E-state index contributed by atoms with van der Waals surface area (Å²) < 4.78 is 5.87. The molecule has 0 saturated carbocycles. The first kappa shape index (κ1) is 17.9. The highest BCUT2D eigenvalue weighted by Gasteiger charge is 2.51. The van der Waals surface area contributed by atoms with Gasteiger partial charge in [0.2, 0.25) is 5.91 Å². The first-order valence-electron chi connectivity index (χ1n) is 9.33. The van der Waals surface area contributed by atoms with Crippen LogP contribution < -0.4 is 0 Å². The van der Waals surface area contributed by atoms with E-state index < -0.39 is 0 Å². The van der Waals surface area contributed by atoms with Gasteiger partial charge in [-0.2, -0.15) is 0 Å². The molecule has 5 nitrogen and oxygen atoms in total. The quantitative estimate of drug-likeness (QED) is 0.771. The first-order chi connectivity index (χ1) is 12.1. The lowest BCUT2D eigenvalue weighted by Gasteiger charge is -2.43. The zero-order valence-corrected chi connectivity index (χ0v) is 15.4. The summed E-state index contributed by atoms with van der Waals surface area (Å²) >= 11 is 0. The molecule has 0 aromatic heterocycles. The van der Waals surface area contributed by atoms with Crippen molar-refractivity contribution < 1.29 is 14.3 Å². The van der Waals surface area contributed by atoms with Crippen LogP contribution in [0.15, 0.2) is 30.3 Å². The molecule has 25 heavy (non-hydrogen) atoms. The number of amides is 1. The van der Waals surface area contributed by atoms with Gasteiger partial charge in [-0.25, -0.2) is 4.79 Å². The number of ether oxygens (including phenoxy) is 1. The molecule has 4 atom stereocenters. The highest BCUT2D eigenvalue weighted by molar-refractivity contribution is 5.90. The molecular formula is C20H28N2O3. The molecule has 0 radical (unpaired) electrons. The Morgan fingerprint density at radius 2 is 1.84 bits per heavy atom. The molecule has 5 heteroatoms. The number of nitrogens with zero attached hydrogens (tertiary/aromatic N) is 2. The van der Waals surface area contributed by atoms with Crippen LogP contribution in [-0.4, -0.2) is 60.0 Å². The van der Waals surface area contributed by atoms with Crippen LogP contribution >= 0.6 is 0 Å². The zero-order chi connectivity index (χ0) is 18.0. The lowest BCUT2D eigenvalue weighted by atomic mass is 9.86. The van der Waals surface area contributed by atoms with Gasteiger partial charge in [-0.3, -0.25) is 9.69 Å². The van der Waals surface area contributed by atoms with Crippen molar-refractivity contribution in [1.29, 1.82) is 0 Å². The summed E-state index contributed by atoms with van der Waals surface area (Å²) in [7, 11) is 2.10. The summed E-state index contributed by atoms with van der Waals surface area (Å²) in [5.41, 5.74) is 0.544. The lowest BCUT2D eigenvalue weighted by molar-refractivity contribution is -0.145. The second kappa shape index (κ2) is 7.56. The van der Waals surface area contributed by atoms with E-state index in [0.29, 0.717) is 24.7 Å². The van der Waals surface area contributed by atoms with Crippen molar-refractivity contribution in [2.24, 2.45) is 5.92 Å². The van der Waals surface area contributed by atoms with Crippen molar-refractivity contribution in [3.05, 3.63) is 35.9 Å². The number of hydrogen-bond acceptors (Lipinski definition) is 4. The molecule has 0 aliphatic carbocycles. The fourth-order valence-electron chi connectivity index (χ4n) is 4.39. The van der Waals surface area contributed by atoms with Gasteiger partial charge in [0.15, 0.2) is 0 Å². The smallest absolute Gasteiger partial charge is 0.338 e. The maximum absolute atomic E-state index is 13.1. The minimum Gasteiger partial charge on any atom is -0.458 e. The maximum Gasteiger partial charge on any atom is 0.338 e. The number of benzene rings is 1. The number of rotatable bonds is 5. The molecule has 3 rings (SSSR count). The van der Waals surface area contributed by atoms with Crippen LogP contribution in [0.5, 0.6) is 0 Å². The number of fused-ring (bicyclic) bond motifs is 2. The van der Waals surface area contributed by atoms with E-state index in [1.807, 2.05) is 36.9 Å². The van der Waals surface area contributed by atoms with E-state index in [-0.39, 0.29) is 29.9 Å². The predicted octanol–water partition coefficient (Wildman–Crippen LogP) is 2.56. The van der Waals surface area contributed by atoms with E-state index in [1.165, 1.54) is 0 Å². The molecule has 136 valence electrons. The van der Waals surface area contributed by atoms with Gasteiger partial charge < -0.3 is 9.64 Å². The zero-order valence-electron chi connectivity index (χ0n) is 15.4. The molecule has 1 amide bonds. The molecule has 0 spiro atoms. The minimum atomic E-state index is -0.338. The van der Waals surface area contributed by atoms with Gasteiger partial charge in [-0.05, 0) is 45.9 Å². The van der Waals surface area contributed by atoms with Gasteiger partial charge in [0.25, 0.3) is 0 Å². The van der Waals surface area contributed by atoms with E-state index in [4.69, 9.17) is 4.74 Å². The minimum absolute atomic E-state index is 0.119. The van der Waals surface area contributed by atoms with Gasteiger partial charge >= 0.3 is 5.97 Å². The molecule has 2 bridgehead atoms. The summed E-state index contributed by atoms with van der Waals surface area (Å²) in [5, 5.41) is 0. The third kappa shape index (κ3) is 3.43. The number of hydrogen-bond donors (Lipinski definition) is 0. The Labute approximate surface area is 149 Å². The van der Waals surface area contributed by atoms with Crippen molar-refractivity contribution in [2.75, 3.05) is 20.1 Å². The van der Waals surface area contributed by atoms with Crippen LogP contribution in [0, 0.1) is 5.92 Å². The van der Waals surface area contributed by atoms with Crippen LogP contribution in [0.3, 0.4) is 0 Å². The maximum atomic E-state index is 13.1. The average Bonchev–Trinajstić information content (AvgIpc) is 2.87. The number of carbonyl (C=O) groups is 2. The Bertz CT molecular complexity index is 615. The Morgan fingerprint density at radius 3 is 2.48 bits per heavy atom. The highest BCUT2D eigenvalue weighted by atomic mass is 16.5. The largest absolute Gasteiger partial charge is 0.458 e. The van der Waals surface area contributed by atoms with Gasteiger partial charge in [0.1, 0.15) is 6.10 Å². The van der Waals surface area contributed by atoms with Gasteiger partial charge in [-0.15, -0.1) is 0 Å². The molecule has 4 unspecified atom stereocenters. The highest BCUT2D eigenvalue weighted by Crippen LogP contribution is 2.40. The van der Waals surface area contributed by atoms with Crippen LogP contribution in [0.4, 0.5) is 0 Å². The van der Waals surface area contributed by atoms with Crippen LogP contribution in [-0.2, 0) is 9.53 Å². The van der Waals surface area contributed by atoms with Gasteiger partial charge in [0, 0.05) is 31.6 Å². The van der Waals surface area contributed by atoms with Crippen LogP contribution in [0.25, 0.3) is 0 Å². The summed E-state index contributed by atoms with van der Waals surface area (Å²) in [6.07, 6.45) is 2.47. The molecule has 0 N–H and O–H groups in total. The van der Waals surface area contributed by atoms with E-state index in [9.17, 15) is 9.59 Å². The Morgan fingerprint density at radius 1 is 1.16 bits per heavy atom. The summed E-state index contributed by atoms with van der Waals surface area (Å²) in [6.45, 7) is 5.36. The van der Waals surface area contributed by atoms with E-state index >= 15 is 0 Å². The number of esters is 1. The van der Waals surface area contributed by atoms with Crippen molar-refractivity contribution >= 4 is 11.9 Å². The van der Waals surface area contributed by atoms with Crippen LogP contribution in [0.2, 0.25) is 0 Å². The molecule has 2 aliphatic heterocycles. The standard InChI is InChI=1S/C20H28N2O3/c1-4-22(5-2)19(23)18-16-12-11-15(21(16)3)13-17(18)25-20(24)14-9-7-6-8-10-14/h6-10,15-18H,4-5,11-13H2,1-3H3. The number of piperidine rings is 1. The molecule has 2 aliphatic rings. The van der Waals surface area contributed by atoms with E-state index in [1.54, 1.807) is 12.1 Å². The first-order valence-corrected chi connectivity index (χ1v) is 9.33. The van der Waals surface area contributed by atoms with Crippen molar-refractivity contribution in [1.82, 2.24) is 9.80 Å². The van der Waals surface area contributed by atoms with Crippen molar-refractivity contribution in [3.8, 4) is 0 Å². The third-order valence-electron chi connectivity index (χ3n) is 5.84. The van der Waals surface area contributed by atoms with Gasteiger partial charge in [-0.1, -0.05) is 18.2 Å².